The molecular weight excluding hydrogens is 218 g/mol. The number of Topliss-reactive ketones (excluding diaryl/α,β-unsaturated/α-hetero) is 1. The number of carbonyl (C=O) groups is 1. The Bertz CT molecular complexity index is 476. The van der Waals surface area contributed by atoms with Crippen molar-refractivity contribution < 1.29 is 4.79 Å². The lowest BCUT2D eigenvalue weighted by atomic mass is 10.1. The van der Waals surface area contributed by atoms with Crippen LogP contribution in [0.1, 0.15) is 27.5 Å². The van der Waals surface area contributed by atoms with Crippen molar-refractivity contribution in [3.63, 3.8) is 0 Å². The van der Waals surface area contributed by atoms with Crippen LogP contribution in [0.25, 0.3) is 0 Å². The van der Waals surface area contributed by atoms with E-state index in [0.717, 1.165) is 22.7 Å². The highest BCUT2D eigenvalue weighted by molar-refractivity contribution is 7.09. The summed E-state index contributed by atoms with van der Waals surface area (Å²) in [5.74, 6) is 0.186. The van der Waals surface area contributed by atoms with Crippen LogP contribution >= 0.6 is 11.3 Å². The maximum atomic E-state index is 11.8. The molecule has 0 unspecified atom stereocenters. The summed E-state index contributed by atoms with van der Waals surface area (Å²) in [5.41, 5.74) is 1.81. The summed E-state index contributed by atoms with van der Waals surface area (Å²) in [6.45, 7) is 1.98. The number of carbonyl (C=O) groups excluding carboxylic acids is 1. The predicted octanol–water partition coefficient (Wildman–Crippen LogP) is 3.27. The van der Waals surface area contributed by atoms with Crippen LogP contribution < -0.4 is 0 Å². The van der Waals surface area contributed by atoms with Crippen LogP contribution in [0.4, 0.5) is 0 Å². The second-order valence-electron chi connectivity index (χ2n) is 3.65. The first-order valence-corrected chi connectivity index (χ1v) is 6.13. The fourth-order valence-corrected chi connectivity index (χ4v) is 2.18. The molecule has 1 heterocycles. The highest BCUT2D eigenvalue weighted by Crippen LogP contribution is 2.11. The van der Waals surface area contributed by atoms with Crippen LogP contribution in [0, 0.1) is 6.92 Å². The SMILES string of the molecule is Cc1nc(CCC(=O)c2ccccc2)cs1. The van der Waals surface area contributed by atoms with E-state index < -0.39 is 0 Å². The lowest BCUT2D eigenvalue weighted by Gasteiger charge is -1.98. The van der Waals surface area contributed by atoms with Crippen molar-refractivity contribution in [3.05, 3.63) is 52.0 Å². The number of rotatable bonds is 4. The van der Waals surface area contributed by atoms with Gasteiger partial charge in [-0.3, -0.25) is 4.79 Å². The minimum absolute atomic E-state index is 0.186. The number of benzene rings is 1. The third kappa shape index (κ3) is 2.76. The molecule has 0 aliphatic heterocycles. The van der Waals surface area contributed by atoms with Gasteiger partial charge in [0.05, 0.1) is 10.7 Å². The van der Waals surface area contributed by atoms with Gasteiger partial charge in [-0.2, -0.15) is 0 Å². The standard InChI is InChI=1S/C13H13NOS/c1-10-14-12(9-16-10)7-8-13(15)11-5-3-2-4-6-11/h2-6,9H,7-8H2,1H3. The van der Waals surface area contributed by atoms with E-state index >= 15 is 0 Å². The van der Waals surface area contributed by atoms with Crippen LogP contribution in [0.5, 0.6) is 0 Å². The van der Waals surface area contributed by atoms with Crippen LogP contribution in [-0.4, -0.2) is 10.8 Å². The van der Waals surface area contributed by atoms with Crippen LogP contribution in [0.2, 0.25) is 0 Å². The van der Waals surface area contributed by atoms with E-state index in [0.29, 0.717) is 6.42 Å². The van der Waals surface area contributed by atoms with Crippen molar-refractivity contribution in [2.24, 2.45) is 0 Å². The third-order valence-corrected chi connectivity index (χ3v) is 3.19. The maximum Gasteiger partial charge on any atom is 0.163 e. The molecule has 0 saturated carbocycles. The monoisotopic (exact) mass is 231 g/mol. The minimum Gasteiger partial charge on any atom is -0.294 e. The normalized spacial score (nSPS) is 10.3. The molecule has 2 aromatic rings. The Balaban J connectivity index is 1.94. The molecule has 0 radical (unpaired) electrons. The number of thiazole rings is 1. The van der Waals surface area contributed by atoms with Crippen molar-refractivity contribution in [1.29, 1.82) is 0 Å². The zero-order valence-electron chi connectivity index (χ0n) is 9.14. The fourth-order valence-electron chi connectivity index (χ4n) is 1.53. The third-order valence-electron chi connectivity index (χ3n) is 2.37. The summed E-state index contributed by atoms with van der Waals surface area (Å²) in [4.78, 5) is 16.1. The van der Waals surface area contributed by atoms with E-state index in [4.69, 9.17) is 0 Å². The summed E-state index contributed by atoms with van der Waals surface area (Å²) in [6.07, 6.45) is 1.27. The van der Waals surface area contributed by atoms with Crippen molar-refractivity contribution in [2.45, 2.75) is 19.8 Å². The first kappa shape index (κ1) is 11.0. The number of aryl methyl sites for hydroxylation is 2. The Morgan fingerprint density at radius 1 is 1.31 bits per heavy atom. The van der Waals surface area contributed by atoms with Crippen LogP contribution in [0.15, 0.2) is 35.7 Å². The maximum absolute atomic E-state index is 11.8. The van der Waals surface area contributed by atoms with E-state index in [9.17, 15) is 4.79 Å². The van der Waals surface area contributed by atoms with Crippen molar-refractivity contribution in [3.8, 4) is 0 Å². The molecule has 0 aliphatic rings. The van der Waals surface area contributed by atoms with Crippen molar-refractivity contribution in [1.82, 2.24) is 4.98 Å². The van der Waals surface area contributed by atoms with Gasteiger partial charge in [-0.25, -0.2) is 4.98 Å². The number of hydrogen-bond donors (Lipinski definition) is 0. The number of aromatic nitrogens is 1. The highest BCUT2D eigenvalue weighted by atomic mass is 32.1. The van der Waals surface area contributed by atoms with E-state index in [1.54, 1.807) is 11.3 Å². The summed E-state index contributed by atoms with van der Waals surface area (Å²) in [6, 6.07) is 9.41. The second kappa shape index (κ2) is 5.03. The summed E-state index contributed by atoms with van der Waals surface area (Å²) in [5, 5.41) is 3.08. The molecule has 0 spiro atoms. The summed E-state index contributed by atoms with van der Waals surface area (Å²) < 4.78 is 0. The van der Waals surface area contributed by atoms with Crippen molar-refractivity contribution in [2.75, 3.05) is 0 Å². The van der Waals surface area contributed by atoms with Gasteiger partial charge < -0.3 is 0 Å². The van der Waals surface area contributed by atoms with Crippen molar-refractivity contribution >= 4 is 17.1 Å². The number of nitrogens with zero attached hydrogens (tertiary/aromatic N) is 1. The Labute approximate surface area is 99.0 Å². The van der Waals surface area contributed by atoms with E-state index in [2.05, 4.69) is 4.98 Å². The molecule has 0 atom stereocenters. The largest absolute Gasteiger partial charge is 0.294 e. The zero-order valence-corrected chi connectivity index (χ0v) is 9.96. The molecule has 0 bridgehead atoms. The van der Waals surface area contributed by atoms with Gasteiger partial charge in [0.1, 0.15) is 0 Å². The topological polar surface area (TPSA) is 30.0 Å². The molecule has 0 N–H and O–H groups in total. The molecule has 0 amide bonds. The van der Waals surface area contributed by atoms with E-state index in [1.807, 2.05) is 42.6 Å². The van der Waals surface area contributed by atoms with Gasteiger partial charge in [-0.1, -0.05) is 30.3 Å². The smallest absolute Gasteiger partial charge is 0.163 e. The average molecular weight is 231 g/mol. The van der Waals surface area contributed by atoms with Gasteiger partial charge in [-0.15, -0.1) is 11.3 Å². The molecule has 0 aliphatic carbocycles. The molecule has 0 saturated heterocycles. The van der Waals surface area contributed by atoms with Gasteiger partial charge in [0.15, 0.2) is 5.78 Å². The molecule has 0 fully saturated rings. The summed E-state index contributed by atoms with van der Waals surface area (Å²) in [7, 11) is 0. The molecular formula is C13H13NOS. The van der Waals surface area contributed by atoms with Gasteiger partial charge in [0.2, 0.25) is 0 Å². The Morgan fingerprint density at radius 3 is 2.69 bits per heavy atom. The summed E-state index contributed by atoms with van der Waals surface area (Å²) >= 11 is 1.63. The Hall–Kier alpha value is -1.48. The average Bonchev–Trinajstić information content (AvgIpc) is 2.73. The van der Waals surface area contributed by atoms with Gasteiger partial charge in [0.25, 0.3) is 0 Å². The first-order chi connectivity index (χ1) is 7.75. The lowest BCUT2D eigenvalue weighted by molar-refractivity contribution is 0.0982. The molecule has 82 valence electrons. The quantitative estimate of drug-likeness (QED) is 0.756. The molecule has 2 nitrogen and oxygen atoms in total. The molecule has 16 heavy (non-hydrogen) atoms. The van der Waals surface area contributed by atoms with Gasteiger partial charge >= 0.3 is 0 Å². The minimum atomic E-state index is 0.186. The first-order valence-electron chi connectivity index (χ1n) is 5.25. The van der Waals surface area contributed by atoms with Crippen LogP contribution in [-0.2, 0) is 6.42 Å². The van der Waals surface area contributed by atoms with Gasteiger partial charge in [-0.05, 0) is 13.3 Å². The van der Waals surface area contributed by atoms with Crippen LogP contribution in [0.3, 0.4) is 0 Å². The predicted molar refractivity (Wildman–Crippen MR) is 65.9 cm³/mol. The highest BCUT2D eigenvalue weighted by Gasteiger charge is 2.06. The van der Waals surface area contributed by atoms with E-state index in [1.165, 1.54) is 0 Å². The lowest BCUT2D eigenvalue weighted by Crippen LogP contribution is -2.00. The Kier molecular flexibility index (Phi) is 3.47. The molecule has 1 aromatic heterocycles. The van der Waals surface area contributed by atoms with Gasteiger partial charge in [0, 0.05) is 17.4 Å². The molecule has 1 aromatic carbocycles. The molecule has 2 rings (SSSR count). The molecule has 3 heteroatoms. The zero-order chi connectivity index (χ0) is 11.4. The number of hydrogen-bond acceptors (Lipinski definition) is 3. The fraction of sp³-hybridized carbons (Fsp3) is 0.231. The Morgan fingerprint density at radius 2 is 2.06 bits per heavy atom. The second-order valence-corrected chi connectivity index (χ2v) is 4.71. The number of ketones is 1. The van der Waals surface area contributed by atoms with E-state index in [-0.39, 0.29) is 5.78 Å².